The minimum absolute atomic E-state index is 0.173. The minimum Gasteiger partial charge on any atom is -0.481 e. The maximum Gasteiger partial charge on any atom is 0.261 e. The van der Waals surface area contributed by atoms with Gasteiger partial charge in [-0.25, -0.2) is 4.39 Å². The number of amides is 1. The van der Waals surface area contributed by atoms with Gasteiger partial charge in [-0.3, -0.25) is 4.79 Å². The lowest BCUT2D eigenvalue weighted by Crippen LogP contribution is -2.39. The van der Waals surface area contributed by atoms with Gasteiger partial charge in [0, 0.05) is 10.6 Å². The molecule has 1 N–H and O–H groups in total. The van der Waals surface area contributed by atoms with Crippen molar-refractivity contribution in [3.05, 3.63) is 59.4 Å². The van der Waals surface area contributed by atoms with Gasteiger partial charge >= 0.3 is 0 Å². The van der Waals surface area contributed by atoms with Crippen LogP contribution in [-0.4, -0.2) is 17.8 Å². The Labute approximate surface area is 145 Å². The Balaban J connectivity index is 1.68. The predicted octanol–water partition coefficient (Wildman–Crippen LogP) is 4.25. The van der Waals surface area contributed by atoms with Crippen LogP contribution in [0.15, 0.2) is 47.4 Å². The molecular weight excluding hydrogens is 325 g/mol. The van der Waals surface area contributed by atoms with Crippen molar-refractivity contribution in [1.29, 1.82) is 0 Å². The number of hydrogen-bond donors (Lipinski definition) is 1. The summed E-state index contributed by atoms with van der Waals surface area (Å²) in [6.45, 7) is 3.70. The topological polar surface area (TPSA) is 38.3 Å². The summed E-state index contributed by atoms with van der Waals surface area (Å²) >= 11 is 1.50. The van der Waals surface area contributed by atoms with E-state index in [-0.39, 0.29) is 17.8 Å². The maximum atomic E-state index is 13.9. The number of carbonyl (C=O) groups is 1. The van der Waals surface area contributed by atoms with E-state index in [1.165, 1.54) is 17.8 Å². The standard InChI is InChI=1S/C19H20FNO2S/c1-12-5-3-6-14(11-12)23-13(2)19(22)21-17-9-10-24-18-15(17)7-4-8-16(18)20/h3-8,11,13,17H,9-10H2,1-2H3,(H,21,22). The second kappa shape index (κ2) is 7.26. The summed E-state index contributed by atoms with van der Waals surface area (Å²) in [5, 5.41) is 2.99. The maximum absolute atomic E-state index is 13.9. The van der Waals surface area contributed by atoms with E-state index in [2.05, 4.69) is 5.32 Å². The SMILES string of the molecule is Cc1cccc(OC(C)C(=O)NC2CCSc3c(F)cccc32)c1. The zero-order valence-electron chi connectivity index (χ0n) is 13.7. The monoisotopic (exact) mass is 345 g/mol. The minimum atomic E-state index is -0.613. The molecule has 2 aromatic carbocycles. The largest absolute Gasteiger partial charge is 0.481 e. The molecule has 3 rings (SSSR count). The van der Waals surface area contributed by atoms with Crippen LogP contribution in [-0.2, 0) is 4.79 Å². The lowest BCUT2D eigenvalue weighted by Gasteiger charge is -2.27. The number of aryl methyl sites for hydroxylation is 1. The Hall–Kier alpha value is -2.01. The summed E-state index contributed by atoms with van der Waals surface area (Å²) in [5.74, 6) is 1.04. The van der Waals surface area contributed by atoms with Crippen molar-refractivity contribution >= 4 is 17.7 Å². The highest BCUT2D eigenvalue weighted by Gasteiger charge is 2.26. The molecule has 3 nitrogen and oxygen atoms in total. The van der Waals surface area contributed by atoms with Crippen LogP contribution >= 0.6 is 11.8 Å². The van der Waals surface area contributed by atoms with Crippen molar-refractivity contribution in [2.24, 2.45) is 0 Å². The predicted molar refractivity (Wildman–Crippen MR) is 93.9 cm³/mol. The molecule has 1 aliphatic heterocycles. The van der Waals surface area contributed by atoms with Gasteiger partial charge in [-0.2, -0.15) is 0 Å². The van der Waals surface area contributed by atoms with Crippen LogP contribution in [0.2, 0.25) is 0 Å². The van der Waals surface area contributed by atoms with Gasteiger partial charge < -0.3 is 10.1 Å². The fourth-order valence-corrected chi connectivity index (χ4v) is 3.91. The first-order chi connectivity index (χ1) is 11.5. The van der Waals surface area contributed by atoms with E-state index in [9.17, 15) is 9.18 Å². The Morgan fingerprint density at radius 3 is 2.92 bits per heavy atom. The van der Waals surface area contributed by atoms with Crippen LogP contribution in [0.1, 0.15) is 30.5 Å². The molecule has 0 bridgehead atoms. The fraction of sp³-hybridized carbons (Fsp3) is 0.316. The first kappa shape index (κ1) is 16.8. The van der Waals surface area contributed by atoms with Crippen molar-refractivity contribution in [1.82, 2.24) is 5.32 Å². The van der Waals surface area contributed by atoms with Gasteiger partial charge in [-0.05, 0) is 49.6 Å². The van der Waals surface area contributed by atoms with Crippen molar-refractivity contribution in [3.63, 3.8) is 0 Å². The Bertz CT molecular complexity index is 750. The highest BCUT2D eigenvalue weighted by Crippen LogP contribution is 2.37. The normalized spacial score (nSPS) is 17.7. The van der Waals surface area contributed by atoms with Gasteiger partial charge in [0.1, 0.15) is 11.6 Å². The van der Waals surface area contributed by atoms with Gasteiger partial charge in [0.05, 0.1) is 6.04 Å². The first-order valence-corrected chi connectivity index (χ1v) is 8.98. The molecule has 24 heavy (non-hydrogen) atoms. The third-order valence-corrected chi connectivity index (χ3v) is 5.17. The summed E-state index contributed by atoms with van der Waals surface area (Å²) in [6, 6.07) is 12.4. The molecule has 1 aliphatic rings. The summed E-state index contributed by atoms with van der Waals surface area (Å²) < 4.78 is 19.6. The van der Waals surface area contributed by atoms with E-state index in [1.807, 2.05) is 37.3 Å². The third kappa shape index (κ3) is 3.73. The van der Waals surface area contributed by atoms with Crippen LogP contribution in [0.5, 0.6) is 5.75 Å². The lowest BCUT2D eigenvalue weighted by molar-refractivity contribution is -0.128. The van der Waals surface area contributed by atoms with Crippen LogP contribution < -0.4 is 10.1 Å². The zero-order chi connectivity index (χ0) is 17.1. The molecule has 0 saturated heterocycles. The lowest BCUT2D eigenvalue weighted by atomic mass is 10.0. The number of fused-ring (bicyclic) bond motifs is 1. The molecule has 5 heteroatoms. The van der Waals surface area contributed by atoms with Crippen molar-refractivity contribution in [2.75, 3.05) is 5.75 Å². The molecule has 126 valence electrons. The molecule has 2 atom stereocenters. The first-order valence-electron chi connectivity index (χ1n) is 7.99. The van der Waals surface area contributed by atoms with Crippen molar-refractivity contribution in [2.45, 2.75) is 37.3 Å². The van der Waals surface area contributed by atoms with Crippen LogP contribution in [0.4, 0.5) is 4.39 Å². The molecule has 0 aromatic heterocycles. The van der Waals surface area contributed by atoms with E-state index in [0.717, 1.165) is 23.3 Å². The van der Waals surface area contributed by atoms with Crippen LogP contribution in [0, 0.1) is 12.7 Å². The number of carbonyl (C=O) groups excluding carboxylic acids is 1. The Kier molecular flexibility index (Phi) is 5.09. The number of rotatable bonds is 4. The number of ether oxygens (including phenoxy) is 1. The Morgan fingerprint density at radius 1 is 1.33 bits per heavy atom. The molecule has 1 heterocycles. The average molecular weight is 345 g/mol. The molecule has 0 spiro atoms. The molecule has 1 amide bonds. The average Bonchev–Trinajstić information content (AvgIpc) is 2.56. The highest BCUT2D eigenvalue weighted by atomic mass is 32.2. The van der Waals surface area contributed by atoms with Crippen LogP contribution in [0.3, 0.4) is 0 Å². The van der Waals surface area contributed by atoms with Gasteiger partial charge in [-0.15, -0.1) is 11.8 Å². The Morgan fingerprint density at radius 2 is 2.12 bits per heavy atom. The second-order valence-electron chi connectivity index (χ2n) is 5.93. The van der Waals surface area contributed by atoms with Crippen molar-refractivity contribution in [3.8, 4) is 5.75 Å². The van der Waals surface area contributed by atoms with Gasteiger partial charge in [0.2, 0.25) is 0 Å². The number of thioether (sulfide) groups is 1. The number of halogens is 1. The molecule has 0 saturated carbocycles. The summed E-state index contributed by atoms with van der Waals surface area (Å²) in [6.07, 6.45) is 0.169. The van der Waals surface area contributed by atoms with Crippen molar-refractivity contribution < 1.29 is 13.9 Å². The quantitative estimate of drug-likeness (QED) is 0.900. The van der Waals surface area contributed by atoms with E-state index in [4.69, 9.17) is 4.74 Å². The molecule has 0 radical (unpaired) electrons. The molecule has 2 aromatic rings. The van der Waals surface area contributed by atoms with Gasteiger partial charge in [0.15, 0.2) is 6.10 Å². The second-order valence-corrected chi connectivity index (χ2v) is 7.04. The van der Waals surface area contributed by atoms with E-state index in [1.54, 1.807) is 13.0 Å². The summed E-state index contributed by atoms with van der Waals surface area (Å²) in [4.78, 5) is 13.1. The molecule has 2 unspecified atom stereocenters. The summed E-state index contributed by atoms with van der Waals surface area (Å²) in [7, 11) is 0. The van der Waals surface area contributed by atoms with Gasteiger partial charge in [-0.1, -0.05) is 24.3 Å². The molecule has 0 fully saturated rings. The van der Waals surface area contributed by atoms with E-state index >= 15 is 0 Å². The zero-order valence-corrected chi connectivity index (χ0v) is 14.5. The number of hydrogen-bond acceptors (Lipinski definition) is 3. The van der Waals surface area contributed by atoms with E-state index < -0.39 is 6.10 Å². The number of nitrogens with one attached hydrogen (secondary N) is 1. The molecule has 0 aliphatic carbocycles. The molecular formula is C19H20FNO2S. The van der Waals surface area contributed by atoms with Gasteiger partial charge in [0.25, 0.3) is 5.91 Å². The van der Waals surface area contributed by atoms with E-state index in [0.29, 0.717) is 10.6 Å². The number of benzene rings is 2. The fourth-order valence-electron chi connectivity index (χ4n) is 2.77. The smallest absolute Gasteiger partial charge is 0.261 e. The summed E-state index contributed by atoms with van der Waals surface area (Å²) in [5.41, 5.74) is 1.93. The highest BCUT2D eigenvalue weighted by molar-refractivity contribution is 7.99. The third-order valence-electron chi connectivity index (χ3n) is 4.01. The van der Waals surface area contributed by atoms with Crippen LogP contribution in [0.25, 0.3) is 0 Å².